The summed E-state index contributed by atoms with van der Waals surface area (Å²) < 4.78 is 10.7. The van der Waals surface area contributed by atoms with Crippen molar-refractivity contribution in [3.63, 3.8) is 0 Å². The zero-order chi connectivity index (χ0) is 13.6. The first-order chi connectivity index (χ1) is 8.40. The molecule has 0 aromatic heterocycles. The molecule has 4 heteroatoms. The van der Waals surface area contributed by atoms with Gasteiger partial charge in [0, 0.05) is 6.54 Å². The van der Waals surface area contributed by atoms with Gasteiger partial charge in [0.1, 0.15) is 18.0 Å². The van der Waals surface area contributed by atoms with Crippen molar-refractivity contribution >= 4 is 5.97 Å². The fourth-order valence-corrected chi connectivity index (χ4v) is 1.47. The quantitative estimate of drug-likeness (QED) is 0.812. The fourth-order valence-electron chi connectivity index (χ4n) is 1.47. The van der Waals surface area contributed by atoms with Gasteiger partial charge >= 0.3 is 5.97 Å². The number of ether oxygens (including phenoxy) is 2. The second-order valence-electron chi connectivity index (χ2n) is 5.05. The van der Waals surface area contributed by atoms with E-state index in [9.17, 15) is 4.79 Å². The summed E-state index contributed by atoms with van der Waals surface area (Å²) in [5.41, 5.74) is 5.79. The normalized spacial score (nSPS) is 11.1. The number of rotatable bonds is 5. The topological polar surface area (TPSA) is 61.5 Å². The highest BCUT2D eigenvalue weighted by atomic mass is 16.6. The summed E-state index contributed by atoms with van der Waals surface area (Å²) in [6.45, 7) is 6.50. The average Bonchev–Trinajstić information content (AvgIpc) is 2.24. The van der Waals surface area contributed by atoms with Crippen LogP contribution in [0.3, 0.4) is 0 Å². The summed E-state index contributed by atoms with van der Waals surface area (Å²) in [5.74, 6) is 0.486. The molecule has 0 saturated carbocycles. The predicted molar refractivity (Wildman–Crippen MR) is 70.5 cm³/mol. The van der Waals surface area contributed by atoms with E-state index in [1.54, 1.807) is 0 Å². The maximum atomic E-state index is 11.7. The second-order valence-corrected chi connectivity index (χ2v) is 5.05. The Morgan fingerprint density at radius 2 is 2.06 bits per heavy atom. The zero-order valence-corrected chi connectivity index (χ0v) is 11.2. The minimum atomic E-state index is -0.454. The number of esters is 1. The standard InChI is InChI=1S/C14H21NO3/c1-14(2,3)18-13(16)10-11-5-4-6-12(9-11)17-8-7-15/h4-6,9H,7-8,10,15H2,1-3H3. The van der Waals surface area contributed by atoms with E-state index >= 15 is 0 Å². The average molecular weight is 251 g/mol. The third kappa shape index (κ3) is 5.68. The van der Waals surface area contributed by atoms with Crippen LogP contribution in [-0.4, -0.2) is 24.7 Å². The Kier molecular flexibility index (Phi) is 5.16. The molecule has 0 saturated heterocycles. The Labute approximate surface area is 108 Å². The van der Waals surface area contributed by atoms with Crippen LogP contribution in [0.2, 0.25) is 0 Å². The molecule has 0 heterocycles. The van der Waals surface area contributed by atoms with Crippen LogP contribution in [0.1, 0.15) is 26.3 Å². The van der Waals surface area contributed by atoms with Crippen LogP contribution in [-0.2, 0) is 16.0 Å². The van der Waals surface area contributed by atoms with Crippen LogP contribution in [0, 0.1) is 0 Å². The van der Waals surface area contributed by atoms with Gasteiger partial charge in [-0.25, -0.2) is 0 Å². The second kappa shape index (κ2) is 6.40. The first kappa shape index (κ1) is 14.5. The van der Waals surface area contributed by atoms with Gasteiger partial charge in [-0.1, -0.05) is 12.1 Å². The first-order valence-electron chi connectivity index (χ1n) is 6.04. The van der Waals surface area contributed by atoms with E-state index in [1.165, 1.54) is 0 Å². The van der Waals surface area contributed by atoms with Crippen LogP contribution in [0.5, 0.6) is 5.75 Å². The van der Waals surface area contributed by atoms with Crippen molar-refractivity contribution in [3.05, 3.63) is 29.8 Å². The molecule has 0 amide bonds. The lowest BCUT2D eigenvalue weighted by Gasteiger charge is -2.19. The molecule has 0 radical (unpaired) electrons. The number of carbonyl (C=O) groups is 1. The lowest BCUT2D eigenvalue weighted by Crippen LogP contribution is -2.24. The van der Waals surface area contributed by atoms with Gasteiger partial charge in [-0.15, -0.1) is 0 Å². The summed E-state index contributed by atoms with van der Waals surface area (Å²) in [6.07, 6.45) is 0.247. The molecule has 0 bridgehead atoms. The van der Waals surface area contributed by atoms with Crippen molar-refractivity contribution in [3.8, 4) is 5.75 Å². The number of benzene rings is 1. The first-order valence-corrected chi connectivity index (χ1v) is 6.04. The minimum Gasteiger partial charge on any atom is -0.492 e. The van der Waals surface area contributed by atoms with Crippen LogP contribution >= 0.6 is 0 Å². The lowest BCUT2D eigenvalue weighted by atomic mass is 10.1. The molecular formula is C14H21NO3. The third-order valence-electron chi connectivity index (χ3n) is 2.05. The molecule has 2 N–H and O–H groups in total. The van der Waals surface area contributed by atoms with Crippen LogP contribution in [0.25, 0.3) is 0 Å². The van der Waals surface area contributed by atoms with Crippen molar-refractivity contribution in [1.29, 1.82) is 0 Å². The molecule has 18 heavy (non-hydrogen) atoms. The molecule has 0 aliphatic carbocycles. The van der Waals surface area contributed by atoms with Gasteiger partial charge < -0.3 is 15.2 Å². The van der Waals surface area contributed by atoms with Gasteiger partial charge in [0.2, 0.25) is 0 Å². The van der Waals surface area contributed by atoms with Crippen molar-refractivity contribution in [1.82, 2.24) is 0 Å². The minimum absolute atomic E-state index is 0.238. The highest BCUT2D eigenvalue weighted by Gasteiger charge is 2.16. The highest BCUT2D eigenvalue weighted by Crippen LogP contribution is 2.15. The Bertz CT molecular complexity index is 396. The largest absolute Gasteiger partial charge is 0.492 e. The van der Waals surface area contributed by atoms with Gasteiger partial charge in [0.15, 0.2) is 0 Å². The van der Waals surface area contributed by atoms with E-state index in [2.05, 4.69) is 0 Å². The van der Waals surface area contributed by atoms with Crippen LogP contribution in [0.4, 0.5) is 0 Å². The molecule has 1 rings (SSSR count). The molecule has 1 aromatic carbocycles. The smallest absolute Gasteiger partial charge is 0.310 e. The van der Waals surface area contributed by atoms with Crippen molar-refractivity contribution in [2.24, 2.45) is 5.73 Å². The monoisotopic (exact) mass is 251 g/mol. The molecule has 1 aromatic rings. The van der Waals surface area contributed by atoms with E-state index < -0.39 is 5.60 Å². The molecule has 0 aliphatic rings. The number of nitrogens with two attached hydrogens (primary N) is 1. The Balaban J connectivity index is 2.59. The van der Waals surface area contributed by atoms with Crippen LogP contribution in [0.15, 0.2) is 24.3 Å². The molecule has 100 valence electrons. The van der Waals surface area contributed by atoms with Gasteiger partial charge in [-0.2, -0.15) is 0 Å². The number of hydrogen-bond acceptors (Lipinski definition) is 4. The summed E-state index contributed by atoms with van der Waals surface area (Å²) in [6, 6.07) is 7.40. The number of hydrogen-bond donors (Lipinski definition) is 1. The lowest BCUT2D eigenvalue weighted by molar-refractivity contribution is -0.153. The summed E-state index contributed by atoms with van der Waals surface area (Å²) in [4.78, 5) is 11.7. The maximum absolute atomic E-state index is 11.7. The van der Waals surface area contributed by atoms with Gasteiger partial charge in [-0.3, -0.25) is 4.79 Å². The van der Waals surface area contributed by atoms with E-state index in [1.807, 2.05) is 45.0 Å². The molecule has 0 fully saturated rings. The van der Waals surface area contributed by atoms with Gasteiger partial charge in [0.25, 0.3) is 0 Å². The van der Waals surface area contributed by atoms with Crippen molar-refractivity contribution in [2.75, 3.05) is 13.2 Å². The summed E-state index contributed by atoms with van der Waals surface area (Å²) in [7, 11) is 0. The number of carbonyl (C=O) groups excluding carboxylic acids is 1. The molecule has 0 unspecified atom stereocenters. The molecular weight excluding hydrogens is 230 g/mol. The zero-order valence-electron chi connectivity index (χ0n) is 11.2. The van der Waals surface area contributed by atoms with Crippen molar-refractivity contribution < 1.29 is 14.3 Å². The van der Waals surface area contributed by atoms with E-state index in [-0.39, 0.29) is 12.4 Å². The Hall–Kier alpha value is -1.55. The maximum Gasteiger partial charge on any atom is 0.310 e. The molecule has 4 nitrogen and oxygen atoms in total. The molecule has 0 atom stereocenters. The van der Waals surface area contributed by atoms with Gasteiger partial charge in [0.05, 0.1) is 6.42 Å². The highest BCUT2D eigenvalue weighted by molar-refractivity contribution is 5.73. The van der Waals surface area contributed by atoms with Gasteiger partial charge in [-0.05, 0) is 38.5 Å². The van der Waals surface area contributed by atoms with E-state index in [0.717, 1.165) is 11.3 Å². The molecule has 0 spiro atoms. The SMILES string of the molecule is CC(C)(C)OC(=O)Cc1cccc(OCCN)c1. The third-order valence-corrected chi connectivity index (χ3v) is 2.05. The van der Waals surface area contributed by atoms with Crippen LogP contribution < -0.4 is 10.5 Å². The molecule has 0 aliphatic heterocycles. The van der Waals surface area contributed by atoms with Crippen molar-refractivity contribution in [2.45, 2.75) is 32.8 Å². The summed E-state index contributed by atoms with van der Waals surface area (Å²) in [5, 5.41) is 0. The fraction of sp³-hybridized carbons (Fsp3) is 0.500. The predicted octanol–water partition coefficient (Wildman–Crippen LogP) is 1.91. The Morgan fingerprint density at radius 1 is 1.33 bits per heavy atom. The summed E-state index contributed by atoms with van der Waals surface area (Å²) >= 11 is 0. The Morgan fingerprint density at radius 3 is 2.67 bits per heavy atom. The van der Waals surface area contributed by atoms with E-state index in [4.69, 9.17) is 15.2 Å². The van der Waals surface area contributed by atoms with E-state index in [0.29, 0.717) is 13.2 Å².